The van der Waals surface area contributed by atoms with Crippen LogP contribution in [0.3, 0.4) is 0 Å². The molecule has 2 aromatic rings. The highest BCUT2D eigenvalue weighted by Crippen LogP contribution is 2.15. The Morgan fingerprint density at radius 3 is 2.62 bits per heavy atom. The molecule has 6 heteroatoms. The van der Waals surface area contributed by atoms with Crippen LogP contribution in [0.2, 0.25) is 0 Å². The van der Waals surface area contributed by atoms with Crippen LogP contribution in [0.25, 0.3) is 0 Å². The first-order chi connectivity index (χ1) is 9.97. The smallest absolute Gasteiger partial charge is 0.240 e. The summed E-state index contributed by atoms with van der Waals surface area (Å²) in [6.07, 6.45) is 0. The molecule has 0 amide bonds. The van der Waals surface area contributed by atoms with Gasteiger partial charge in [-0.2, -0.15) is 0 Å². The summed E-state index contributed by atoms with van der Waals surface area (Å²) in [6, 6.07) is 13.0. The maximum atomic E-state index is 12.0. The van der Waals surface area contributed by atoms with Crippen molar-refractivity contribution >= 4 is 10.0 Å². The predicted molar refractivity (Wildman–Crippen MR) is 80.0 cm³/mol. The maximum absolute atomic E-state index is 12.0. The van der Waals surface area contributed by atoms with E-state index >= 15 is 0 Å². The van der Waals surface area contributed by atoms with Gasteiger partial charge in [-0.3, -0.25) is 0 Å². The van der Waals surface area contributed by atoms with Crippen molar-refractivity contribution in [3.05, 3.63) is 54.1 Å². The zero-order valence-electron chi connectivity index (χ0n) is 11.6. The maximum Gasteiger partial charge on any atom is 0.240 e. The molecule has 0 saturated heterocycles. The third-order valence-corrected chi connectivity index (χ3v) is 4.24. The van der Waals surface area contributed by atoms with Crippen LogP contribution in [0.1, 0.15) is 5.56 Å². The van der Waals surface area contributed by atoms with Crippen LogP contribution in [-0.4, -0.2) is 26.7 Å². The average Bonchev–Trinajstić information content (AvgIpc) is 2.44. The minimum Gasteiger partial charge on any atom is -0.508 e. The quantitative estimate of drug-likeness (QED) is 0.801. The molecule has 2 rings (SSSR count). The lowest BCUT2D eigenvalue weighted by atomic mass is 10.2. The summed E-state index contributed by atoms with van der Waals surface area (Å²) in [5, 5.41) is 9.31. The predicted octanol–water partition coefficient (Wildman–Crippen LogP) is 2.06. The van der Waals surface area contributed by atoms with Gasteiger partial charge < -0.3 is 9.84 Å². The minimum absolute atomic E-state index is 0.0260. The average molecular weight is 307 g/mol. The Bertz CT molecular complexity index is 713. The van der Waals surface area contributed by atoms with Crippen LogP contribution in [0.4, 0.5) is 0 Å². The highest BCUT2D eigenvalue weighted by atomic mass is 32.2. The summed E-state index contributed by atoms with van der Waals surface area (Å²) in [5.74, 6) is 0.612. The van der Waals surface area contributed by atoms with Gasteiger partial charge in [0.1, 0.15) is 18.1 Å². The first-order valence-corrected chi connectivity index (χ1v) is 7.94. The molecular formula is C15H17NO4S. The number of sulfonamides is 1. The Morgan fingerprint density at radius 1 is 1.14 bits per heavy atom. The number of hydrogen-bond acceptors (Lipinski definition) is 4. The Balaban J connectivity index is 1.88. The van der Waals surface area contributed by atoms with Crippen molar-refractivity contribution in [1.29, 1.82) is 0 Å². The molecule has 0 heterocycles. The van der Waals surface area contributed by atoms with E-state index in [0.29, 0.717) is 5.75 Å². The van der Waals surface area contributed by atoms with Crippen molar-refractivity contribution in [1.82, 2.24) is 4.72 Å². The van der Waals surface area contributed by atoms with Gasteiger partial charge in [0.2, 0.25) is 10.0 Å². The zero-order chi connectivity index (χ0) is 15.3. The Morgan fingerprint density at radius 2 is 1.90 bits per heavy atom. The lowest BCUT2D eigenvalue weighted by molar-refractivity contribution is 0.322. The molecule has 0 spiro atoms. The summed E-state index contributed by atoms with van der Waals surface area (Å²) in [5.41, 5.74) is 1.08. The van der Waals surface area contributed by atoms with Gasteiger partial charge in [-0.05, 0) is 42.8 Å². The van der Waals surface area contributed by atoms with Crippen molar-refractivity contribution in [2.24, 2.45) is 0 Å². The highest BCUT2D eigenvalue weighted by molar-refractivity contribution is 7.89. The number of phenols is 1. The topological polar surface area (TPSA) is 75.6 Å². The molecule has 0 aliphatic heterocycles. The van der Waals surface area contributed by atoms with E-state index in [1.807, 2.05) is 31.2 Å². The largest absolute Gasteiger partial charge is 0.508 e. The Hall–Kier alpha value is -2.05. The second kappa shape index (κ2) is 6.60. The van der Waals surface area contributed by atoms with Gasteiger partial charge in [-0.25, -0.2) is 13.1 Å². The van der Waals surface area contributed by atoms with Crippen LogP contribution >= 0.6 is 0 Å². The lowest BCUT2D eigenvalue weighted by Crippen LogP contribution is -2.28. The molecule has 0 saturated carbocycles. The fraction of sp³-hybridized carbons (Fsp3) is 0.200. The number of ether oxygens (including phenoxy) is 1. The van der Waals surface area contributed by atoms with E-state index in [-0.39, 0.29) is 23.8 Å². The van der Waals surface area contributed by atoms with Gasteiger partial charge in [-0.1, -0.05) is 18.2 Å². The molecule has 2 N–H and O–H groups in total. The van der Waals surface area contributed by atoms with Crippen molar-refractivity contribution in [3.8, 4) is 11.5 Å². The van der Waals surface area contributed by atoms with Crippen molar-refractivity contribution < 1.29 is 18.3 Å². The lowest BCUT2D eigenvalue weighted by Gasteiger charge is -2.09. The second-order valence-electron chi connectivity index (χ2n) is 4.56. The molecule has 2 aromatic carbocycles. The molecule has 0 radical (unpaired) electrons. The van der Waals surface area contributed by atoms with E-state index < -0.39 is 10.0 Å². The molecule has 0 unspecified atom stereocenters. The van der Waals surface area contributed by atoms with Gasteiger partial charge in [0, 0.05) is 6.54 Å². The minimum atomic E-state index is -3.64. The Kier molecular flexibility index (Phi) is 4.82. The number of rotatable bonds is 6. The molecule has 0 fully saturated rings. The summed E-state index contributed by atoms with van der Waals surface area (Å²) in [7, 11) is -3.64. The molecule has 21 heavy (non-hydrogen) atoms. The standard InChI is InChI=1S/C15H17NO4S/c1-12-4-2-6-14(10-12)20-9-8-16-21(18,19)15-7-3-5-13(17)11-15/h2-7,10-11,16-17H,8-9H2,1H3. The second-order valence-corrected chi connectivity index (χ2v) is 6.33. The normalized spacial score (nSPS) is 11.3. The first-order valence-electron chi connectivity index (χ1n) is 6.45. The van der Waals surface area contributed by atoms with E-state index in [1.165, 1.54) is 24.3 Å². The Labute approximate surface area is 124 Å². The number of benzene rings is 2. The number of hydrogen-bond donors (Lipinski definition) is 2. The summed E-state index contributed by atoms with van der Waals surface area (Å²) >= 11 is 0. The van der Waals surface area contributed by atoms with Gasteiger partial charge in [0.05, 0.1) is 4.90 Å². The summed E-state index contributed by atoms with van der Waals surface area (Å²) in [6.45, 7) is 2.32. The summed E-state index contributed by atoms with van der Waals surface area (Å²) < 4.78 is 31.8. The van der Waals surface area contributed by atoms with Crippen LogP contribution < -0.4 is 9.46 Å². The van der Waals surface area contributed by atoms with E-state index in [9.17, 15) is 13.5 Å². The third-order valence-electron chi connectivity index (χ3n) is 2.78. The van der Waals surface area contributed by atoms with Crippen LogP contribution in [0.5, 0.6) is 11.5 Å². The number of aromatic hydroxyl groups is 1. The highest BCUT2D eigenvalue weighted by Gasteiger charge is 2.13. The van der Waals surface area contributed by atoms with Crippen LogP contribution in [-0.2, 0) is 10.0 Å². The van der Waals surface area contributed by atoms with Crippen molar-refractivity contribution in [3.63, 3.8) is 0 Å². The van der Waals surface area contributed by atoms with E-state index in [0.717, 1.165) is 5.56 Å². The monoisotopic (exact) mass is 307 g/mol. The fourth-order valence-corrected chi connectivity index (χ4v) is 2.84. The molecule has 0 aromatic heterocycles. The molecule has 0 aliphatic carbocycles. The van der Waals surface area contributed by atoms with Gasteiger partial charge in [0.25, 0.3) is 0 Å². The molecule has 0 atom stereocenters. The molecule has 5 nitrogen and oxygen atoms in total. The van der Waals surface area contributed by atoms with E-state index in [1.54, 1.807) is 0 Å². The van der Waals surface area contributed by atoms with Gasteiger partial charge >= 0.3 is 0 Å². The zero-order valence-corrected chi connectivity index (χ0v) is 12.4. The first kappa shape index (κ1) is 15.3. The molecule has 0 bridgehead atoms. The number of nitrogens with one attached hydrogen (secondary N) is 1. The number of aryl methyl sites for hydroxylation is 1. The van der Waals surface area contributed by atoms with E-state index in [4.69, 9.17) is 4.74 Å². The van der Waals surface area contributed by atoms with E-state index in [2.05, 4.69) is 4.72 Å². The SMILES string of the molecule is Cc1cccc(OCCNS(=O)(=O)c2cccc(O)c2)c1. The van der Waals surface area contributed by atoms with Crippen LogP contribution in [0, 0.1) is 6.92 Å². The molecular weight excluding hydrogens is 290 g/mol. The molecule has 112 valence electrons. The van der Waals surface area contributed by atoms with Gasteiger partial charge in [0.15, 0.2) is 0 Å². The third kappa shape index (κ3) is 4.47. The van der Waals surface area contributed by atoms with Gasteiger partial charge in [-0.15, -0.1) is 0 Å². The van der Waals surface area contributed by atoms with Crippen molar-refractivity contribution in [2.75, 3.05) is 13.2 Å². The number of phenolic OH excluding ortho intramolecular Hbond substituents is 1. The summed E-state index contributed by atoms with van der Waals surface area (Å²) in [4.78, 5) is 0.0260. The van der Waals surface area contributed by atoms with Crippen LogP contribution in [0.15, 0.2) is 53.4 Å². The van der Waals surface area contributed by atoms with Crippen molar-refractivity contribution in [2.45, 2.75) is 11.8 Å². The fourth-order valence-electron chi connectivity index (χ4n) is 1.78. The molecule has 0 aliphatic rings.